The number of hydrogen-bond donors (Lipinski definition) is 1. The van der Waals surface area contributed by atoms with Crippen LogP contribution in [0.5, 0.6) is 0 Å². The summed E-state index contributed by atoms with van der Waals surface area (Å²) in [6.45, 7) is 11.8. The normalized spacial score (nSPS) is 13.2. The Morgan fingerprint density at radius 3 is 2.28 bits per heavy atom. The van der Waals surface area contributed by atoms with Crippen molar-refractivity contribution in [2.45, 2.75) is 53.4 Å². The van der Waals surface area contributed by atoms with Crippen LogP contribution in [0.2, 0.25) is 0 Å². The molecule has 2 atom stereocenters. The number of nitrogens with one attached hydrogen (secondary N) is 1. The van der Waals surface area contributed by atoms with Crippen LogP contribution in [0.15, 0.2) is 66.9 Å². The highest BCUT2D eigenvalue weighted by Crippen LogP contribution is 2.13. The maximum atomic E-state index is 9.51. The van der Waals surface area contributed by atoms with E-state index in [1.807, 2.05) is 18.2 Å². The molecule has 0 saturated heterocycles. The summed E-state index contributed by atoms with van der Waals surface area (Å²) in [5.41, 5.74) is 5.95. The van der Waals surface area contributed by atoms with Gasteiger partial charge in [0.15, 0.2) is 0 Å². The second-order valence-corrected chi connectivity index (χ2v) is 8.37. The van der Waals surface area contributed by atoms with Crippen LogP contribution in [0.4, 0.5) is 0 Å². The van der Waals surface area contributed by atoms with Crippen LogP contribution in [0.3, 0.4) is 0 Å². The number of hydrogen-bond acceptors (Lipinski definition) is 1. The van der Waals surface area contributed by atoms with Crippen molar-refractivity contribution in [3.63, 3.8) is 0 Å². The molecule has 0 fully saturated rings. The maximum absolute atomic E-state index is 9.51. The lowest BCUT2D eigenvalue weighted by atomic mass is 10.0. The van der Waals surface area contributed by atoms with Crippen molar-refractivity contribution >= 4 is 0 Å². The van der Waals surface area contributed by atoms with E-state index in [1.165, 1.54) is 21.7 Å². The fourth-order valence-corrected chi connectivity index (χ4v) is 3.85. The minimum atomic E-state index is 0.489. The third-order valence-electron chi connectivity index (χ3n) is 6.13. The Labute approximate surface area is 175 Å². The highest BCUT2D eigenvalue weighted by molar-refractivity contribution is 5.36. The quantitative estimate of drug-likeness (QED) is 0.614. The lowest BCUT2D eigenvalue weighted by Gasteiger charge is -2.29. The molecule has 3 nitrogen and oxygen atoms in total. The third-order valence-corrected chi connectivity index (χ3v) is 6.13. The highest BCUT2D eigenvalue weighted by atomic mass is 15.2. The van der Waals surface area contributed by atoms with Crippen molar-refractivity contribution < 1.29 is 4.90 Å². The van der Waals surface area contributed by atoms with Crippen LogP contribution < -0.4 is 4.90 Å². The van der Waals surface area contributed by atoms with Crippen molar-refractivity contribution in [2.24, 2.45) is 5.92 Å². The van der Waals surface area contributed by atoms with Gasteiger partial charge in [0, 0.05) is 24.2 Å². The minimum absolute atomic E-state index is 0.489. The largest absolute Gasteiger partial charge is 0.342 e. The lowest BCUT2D eigenvalue weighted by Crippen LogP contribution is -3.13. The van der Waals surface area contributed by atoms with E-state index in [1.54, 1.807) is 0 Å². The monoisotopic (exact) mass is 386 g/mol. The van der Waals surface area contributed by atoms with Gasteiger partial charge in [0.25, 0.3) is 0 Å². The fraction of sp³-hybridized carbons (Fsp3) is 0.346. The second-order valence-electron chi connectivity index (χ2n) is 8.37. The maximum Gasteiger partial charge on any atom is 0.118 e. The molecule has 1 aromatic heterocycles. The van der Waals surface area contributed by atoms with Gasteiger partial charge in [-0.2, -0.15) is 5.26 Å². The zero-order chi connectivity index (χ0) is 20.8. The molecule has 0 amide bonds. The summed E-state index contributed by atoms with van der Waals surface area (Å²) in [6, 6.07) is 23.8. The molecular formula is C26H32N3+. The van der Waals surface area contributed by atoms with Gasteiger partial charge in [0.05, 0.1) is 23.4 Å². The molecule has 0 spiro atoms. The Morgan fingerprint density at radius 1 is 0.897 bits per heavy atom. The molecular weight excluding hydrogens is 354 g/mol. The number of aromatic nitrogens is 1. The Morgan fingerprint density at radius 2 is 1.59 bits per heavy atom. The number of aryl methyl sites for hydroxylation is 1. The summed E-state index contributed by atoms with van der Waals surface area (Å²) in [7, 11) is 0. The molecule has 1 N–H and O–H groups in total. The molecule has 0 bridgehead atoms. The first-order chi connectivity index (χ1) is 14.0. The van der Waals surface area contributed by atoms with Gasteiger partial charge < -0.3 is 9.47 Å². The molecule has 0 radical (unpaired) electrons. The summed E-state index contributed by atoms with van der Waals surface area (Å²) in [5, 5.41) is 9.51. The van der Waals surface area contributed by atoms with E-state index in [0.29, 0.717) is 12.0 Å². The molecule has 150 valence electrons. The van der Waals surface area contributed by atoms with E-state index in [2.05, 4.69) is 87.0 Å². The van der Waals surface area contributed by atoms with Crippen LogP contribution in [0.1, 0.15) is 48.7 Å². The van der Waals surface area contributed by atoms with Crippen molar-refractivity contribution in [3.8, 4) is 6.07 Å². The van der Waals surface area contributed by atoms with Crippen LogP contribution in [-0.2, 0) is 19.6 Å². The Kier molecular flexibility index (Phi) is 6.90. The van der Waals surface area contributed by atoms with Crippen LogP contribution in [0.25, 0.3) is 0 Å². The molecule has 3 aromatic rings. The third kappa shape index (κ3) is 5.16. The Balaban J connectivity index is 1.85. The summed E-state index contributed by atoms with van der Waals surface area (Å²) in [4.78, 5) is 1.49. The Hall–Kier alpha value is -2.83. The molecule has 0 saturated carbocycles. The van der Waals surface area contributed by atoms with Gasteiger partial charge in [-0.05, 0) is 43.2 Å². The average Bonchev–Trinajstić information content (AvgIpc) is 3.15. The van der Waals surface area contributed by atoms with Gasteiger partial charge in [-0.25, -0.2) is 0 Å². The molecule has 0 aliphatic carbocycles. The summed E-state index contributed by atoms with van der Waals surface area (Å²) in [6.07, 6.45) is 2.18. The van der Waals surface area contributed by atoms with Gasteiger partial charge in [-0.1, -0.05) is 56.3 Å². The number of nitrogens with zero attached hydrogens (tertiary/aromatic N) is 2. The first-order valence-corrected chi connectivity index (χ1v) is 10.5. The predicted octanol–water partition coefficient (Wildman–Crippen LogP) is 4.35. The first-order valence-electron chi connectivity index (χ1n) is 10.5. The van der Waals surface area contributed by atoms with Gasteiger partial charge >= 0.3 is 0 Å². The van der Waals surface area contributed by atoms with Crippen LogP contribution in [0, 0.1) is 24.2 Å². The van der Waals surface area contributed by atoms with Gasteiger partial charge in [-0.3, -0.25) is 0 Å². The molecule has 0 aliphatic heterocycles. The van der Waals surface area contributed by atoms with E-state index in [4.69, 9.17) is 0 Å². The summed E-state index contributed by atoms with van der Waals surface area (Å²) >= 11 is 0. The molecule has 2 aromatic carbocycles. The number of rotatable bonds is 8. The summed E-state index contributed by atoms with van der Waals surface area (Å²) < 4.78 is 2.37. The van der Waals surface area contributed by atoms with Crippen molar-refractivity contribution in [2.75, 3.05) is 0 Å². The van der Waals surface area contributed by atoms with Crippen LogP contribution >= 0.6 is 0 Å². The van der Waals surface area contributed by atoms with E-state index in [0.717, 1.165) is 30.8 Å². The lowest BCUT2D eigenvalue weighted by molar-refractivity contribution is -0.954. The second kappa shape index (κ2) is 9.58. The van der Waals surface area contributed by atoms with Gasteiger partial charge in [-0.15, -0.1) is 0 Å². The van der Waals surface area contributed by atoms with E-state index < -0.39 is 0 Å². The molecule has 29 heavy (non-hydrogen) atoms. The SMILES string of the molecule is Cc1ccccc1Cn1cccc1C[NH+](Cc1ccccc1C#N)[C@@H](C)C(C)C. The van der Waals surface area contributed by atoms with Crippen molar-refractivity contribution in [3.05, 3.63) is 94.8 Å². The average molecular weight is 387 g/mol. The number of quaternary nitrogens is 1. The van der Waals surface area contributed by atoms with Crippen LogP contribution in [-0.4, -0.2) is 10.6 Å². The number of benzene rings is 2. The van der Waals surface area contributed by atoms with Crippen molar-refractivity contribution in [1.29, 1.82) is 5.26 Å². The fourth-order valence-electron chi connectivity index (χ4n) is 3.85. The topological polar surface area (TPSA) is 33.2 Å². The van der Waals surface area contributed by atoms with E-state index in [-0.39, 0.29) is 0 Å². The van der Waals surface area contributed by atoms with Gasteiger partial charge in [0.1, 0.15) is 13.1 Å². The molecule has 1 heterocycles. The highest BCUT2D eigenvalue weighted by Gasteiger charge is 2.24. The minimum Gasteiger partial charge on any atom is -0.342 e. The molecule has 3 heteroatoms. The van der Waals surface area contributed by atoms with E-state index >= 15 is 0 Å². The number of nitriles is 1. The zero-order valence-corrected chi connectivity index (χ0v) is 18.0. The molecule has 3 rings (SSSR count). The van der Waals surface area contributed by atoms with Gasteiger partial charge in [0.2, 0.25) is 0 Å². The Bertz CT molecular complexity index is 977. The molecule has 0 aliphatic rings. The smallest absolute Gasteiger partial charge is 0.118 e. The standard InChI is InChI=1S/C26H31N3/c1-20(2)22(4)29(18-25-13-8-7-11-23(25)16-27)19-26-14-9-15-28(26)17-24-12-6-5-10-21(24)3/h5-15,20,22H,17-19H2,1-4H3/p+1/t22-/m0/s1. The van der Waals surface area contributed by atoms with Crippen molar-refractivity contribution in [1.82, 2.24) is 4.57 Å². The predicted molar refractivity (Wildman–Crippen MR) is 119 cm³/mol. The summed E-state index contributed by atoms with van der Waals surface area (Å²) in [5.74, 6) is 0.569. The zero-order valence-electron chi connectivity index (χ0n) is 18.0. The molecule has 1 unspecified atom stereocenters. The first kappa shape index (κ1) is 20.9. The van der Waals surface area contributed by atoms with E-state index in [9.17, 15) is 5.26 Å².